The molecule has 1 saturated carbocycles. The number of halogens is 1. The van der Waals surface area contributed by atoms with Gasteiger partial charge in [0.1, 0.15) is 11.9 Å². The van der Waals surface area contributed by atoms with Crippen LogP contribution in [0.15, 0.2) is 60.9 Å². The molecule has 4 rings (SSSR count). The molecule has 9 nitrogen and oxygen atoms in total. The van der Waals surface area contributed by atoms with Crippen molar-refractivity contribution < 1.29 is 14.0 Å². The predicted octanol–water partition coefficient (Wildman–Crippen LogP) is 1.33. The van der Waals surface area contributed by atoms with Crippen molar-refractivity contribution in [1.82, 2.24) is 15.1 Å². The zero-order valence-electron chi connectivity index (χ0n) is 20.6. The Kier molecular flexibility index (Phi) is 9.80. The highest BCUT2D eigenvalue weighted by Crippen LogP contribution is 2.39. The average Bonchev–Trinajstić information content (AvgIpc) is 3.74. The summed E-state index contributed by atoms with van der Waals surface area (Å²) in [6.45, 7) is 2.94. The number of likely N-dealkylation sites (N-methyl/N-ethyl adjacent to an activating group) is 1. The zero-order chi connectivity index (χ0) is 26.1. The number of benzene rings is 2. The lowest BCUT2D eigenvalue weighted by Crippen LogP contribution is -2.56. The molecule has 0 bridgehead atoms. The van der Waals surface area contributed by atoms with E-state index in [9.17, 15) is 14.0 Å². The third-order valence-corrected chi connectivity index (χ3v) is 6.25. The minimum atomic E-state index is -0.739. The number of carbonyl (C=O) groups is 2. The summed E-state index contributed by atoms with van der Waals surface area (Å²) in [7, 11) is 2.01. The molecule has 2 aromatic carbocycles. The van der Waals surface area contributed by atoms with Gasteiger partial charge in [-0.25, -0.2) is 10.2 Å². The average molecular weight is 498 g/mol. The summed E-state index contributed by atoms with van der Waals surface area (Å²) in [5.74, 6) is 5.86. The fraction of sp³-hybridized carbons (Fsp3) is 0.385. The monoisotopic (exact) mass is 497 g/mol. The minimum Gasteiger partial charge on any atom is -0.403 e. The second-order valence-corrected chi connectivity index (χ2v) is 9.01. The van der Waals surface area contributed by atoms with E-state index in [1.807, 2.05) is 19.2 Å². The van der Waals surface area contributed by atoms with Crippen LogP contribution in [0.2, 0.25) is 0 Å². The Morgan fingerprint density at radius 1 is 1.08 bits per heavy atom. The van der Waals surface area contributed by atoms with Crippen LogP contribution in [0.1, 0.15) is 34.7 Å². The second kappa shape index (κ2) is 13.0. The zero-order valence-corrected chi connectivity index (χ0v) is 20.6. The number of hydrogen-bond donors (Lipinski definition) is 4. The van der Waals surface area contributed by atoms with Gasteiger partial charge in [0.25, 0.3) is 5.91 Å². The van der Waals surface area contributed by atoms with Crippen molar-refractivity contribution in [1.29, 1.82) is 0 Å². The van der Waals surface area contributed by atoms with E-state index in [0.29, 0.717) is 24.3 Å². The molecule has 0 spiro atoms. The lowest BCUT2D eigenvalue weighted by molar-refractivity contribution is -0.134. The molecule has 1 aliphatic heterocycles. The largest absolute Gasteiger partial charge is 0.403 e. The van der Waals surface area contributed by atoms with Gasteiger partial charge in [0.15, 0.2) is 0 Å². The van der Waals surface area contributed by atoms with Crippen LogP contribution in [0.3, 0.4) is 0 Å². The number of amides is 2. The number of hydrazine groups is 1. The van der Waals surface area contributed by atoms with Gasteiger partial charge in [0.2, 0.25) is 5.91 Å². The topological polar surface area (TPSA) is 134 Å². The number of rotatable bonds is 7. The first-order valence-corrected chi connectivity index (χ1v) is 12.1. The van der Waals surface area contributed by atoms with Crippen LogP contribution < -0.4 is 27.6 Å². The van der Waals surface area contributed by atoms with Gasteiger partial charge in [-0.05, 0) is 67.8 Å². The van der Waals surface area contributed by atoms with E-state index >= 15 is 0 Å². The third-order valence-electron chi connectivity index (χ3n) is 6.25. The van der Waals surface area contributed by atoms with Gasteiger partial charge in [-0.1, -0.05) is 12.1 Å². The minimum absolute atomic E-state index is 0.0485. The first-order valence-electron chi connectivity index (χ1n) is 12.1. The maximum absolute atomic E-state index is 12.6. The summed E-state index contributed by atoms with van der Waals surface area (Å²) in [6, 6.07) is 12.7. The van der Waals surface area contributed by atoms with E-state index < -0.39 is 6.04 Å². The number of nitrogens with two attached hydrogens (primary N) is 3. The van der Waals surface area contributed by atoms with Gasteiger partial charge < -0.3 is 26.6 Å². The Labute approximate surface area is 211 Å². The molecule has 1 atom stereocenters. The molecule has 1 saturated heterocycles. The van der Waals surface area contributed by atoms with Gasteiger partial charge in [0.05, 0.1) is 5.69 Å². The number of nitrogens with one attached hydrogen (secondary N) is 1. The molecule has 2 amide bonds. The van der Waals surface area contributed by atoms with Crippen molar-refractivity contribution in [2.75, 3.05) is 44.8 Å². The summed E-state index contributed by atoms with van der Waals surface area (Å²) >= 11 is 0. The van der Waals surface area contributed by atoms with E-state index in [1.54, 1.807) is 29.2 Å². The van der Waals surface area contributed by atoms with Crippen molar-refractivity contribution in [3.05, 3.63) is 77.9 Å². The lowest BCUT2D eigenvalue weighted by atomic mass is 10.1. The summed E-state index contributed by atoms with van der Waals surface area (Å²) in [4.78, 5) is 28.9. The molecule has 2 aliphatic rings. The predicted molar refractivity (Wildman–Crippen MR) is 139 cm³/mol. The maximum Gasteiger partial charge on any atom is 0.251 e. The molecule has 1 aliphatic carbocycles. The van der Waals surface area contributed by atoms with Gasteiger partial charge in [-0.15, -0.1) is 0 Å². The van der Waals surface area contributed by atoms with E-state index in [-0.39, 0.29) is 24.2 Å². The van der Waals surface area contributed by atoms with Crippen LogP contribution in [0.5, 0.6) is 0 Å². The van der Waals surface area contributed by atoms with Crippen LogP contribution in [-0.4, -0.2) is 67.4 Å². The molecule has 0 aromatic heterocycles. The van der Waals surface area contributed by atoms with Crippen molar-refractivity contribution in [2.24, 2.45) is 17.3 Å². The van der Waals surface area contributed by atoms with Crippen LogP contribution in [0.4, 0.5) is 10.1 Å². The quantitative estimate of drug-likeness (QED) is 0.335. The smallest absolute Gasteiger partial charge is 0.251 e. The SMILES string of the molecule is CN1CCN(C(=O)C(CN)NC(=O)c2ccc(N(N)/C=C\N)cc2)CC1.Fc1ccc(C2CC2)cc1. The highest BCUT2D eigenvalue weighted by atomic mass is 19.1. The van der Waals surface area contributed by atoms with Gasteiger partial charge in [-0.2, -0.15) is 0 Å². The molecule has 2 aromatic rings. The Hall–Kier alpha value is -3.47. The number of piperazine rings is 1. The Morgan fingerprint density at radius 3 is 2.22 bits per heavy atom. The van der Waals surface area contributed by atoms with E-state index in [1.165, 1.54) is 47.9 Å². The molecule has 36 heavy (non-hydrogen) atoms. The molecule has 0 radical (unpaired) electrons. The fourth-order valence-electron chi connectivity index (χ4n) is 3.83. The third kappa shape index (κ3) is 7.77. The van der Waals surface area contributed by atoms with Gasteiger partial charge >= 0.3 is 0 Å². The summed E-state index contributed by atoms with van der Waals surface area (Å²) < 4.78 is 12.4. The van der Waals surface area contributed by atoms with Crippen molar-refractivity contribution in [3.63, 3.8) is 0 Å². The number of nitrogens with zero attached hydrogens (tertiary/aromatic N) is 3. The molecule has 2 fully saturated rings. The van der Waals surface area contributed by atoms with Crippen LogP contribution in [0, 0.1) is 5.82 Å². The molecule has 1 unspecified atom stereocenters. The first kappa shape index (κ1) is 27.1. The molecule has 10 heteroatoms. The van der Waals surface area contributed by atoms with E-state index in [0.717, 1.165) is 19.0 Å². The van der Waals surface area contributed by atoms with E-state index in [4.69, 9.17) is 17.3 Å². The second-order valence-electron chi connectivity index (χ2n) is 9.01. The standard InChI is InChI=1S/C17H27N7O2.C9H9F/c1-22-8-10-23(11-9-22)17(26)15(12-19)21-16(25)13-2-4-14(5-3-13)24(20)7-6-18;10-9-5-3-8(4-6-9)7-1-2-7/h2-7,15H,8-12,18-20H2,1H3,(H,21,25);3-7H,1-2H2/b7-6-;. The van der Waals surface area contributed by atoms with Crippen LogP contribution in [0.25, 0.3) is 0 Å². The van der Waals surface area contributed by atoms with E-state index in [2.05, 4.69) is 10.2 Å². The van der Waals surface area contributed by atoms with Crippen LogP contribution in [-0.2, 0) is 4.79 Å². The molecular weight excluding hydrogens is 461 g/mol. The first-order chi connectivity index (χ1) is 17.3. The molecular formula is C26H36FN7O2. The van der Waals surface area contributed by atoms with Gasteiger partial charge in [0, 0.05) is 50.7 Å². The van der Waals surface area contributed by atoms with Crippen LogP contribution >= 0.6 is 0 Å². The number of carbonyl (C=O) groups excluding carboxylic acids is 2. The lowest BCUT2D eigenvalue weighted by Gasteiger charge is -2.34. The highest BCUT2D eigenvalue weighted by Gasteiger charge is 2.27. The Morgan fingerprint density at radius 2 is 1.69 bits per heavy atom. The summed E-state index contributed by atoms with van der Waals surface area (Å²) in [6.07, 6.45) is 5.38. The molecule has 1 heterocycles. The normalized spacial score (nSPS) is 16.7. The number of anilines is 1. The Balaban J connectivity index is 0.000000297. The Bertz CT molecular complexity index is 1020. The van der Waals surface area contributed by atoms with Crippen molar-refractivity contribution >= 4 is 17.5 Å². The highest BCUT2D eigenvalue weighted by molar-refractivity contribution is 5.97. The van der Waals surface area contributed by atoms with Crippen molar-refractivity contribution in [2.45, 2.75) is 24.8 Å². The summed E-state index contributed by atoms with van der Waals surface area (Å²) in [5.41, 5.74) is 13.4. The van der Waals surface area contributed by atoms with Gasteiger partial charge in [-0.3, -0.25) is 14.6 Å². The molecule has 7 N–H and O–H groups in total. The van der Waals surface area contributed by atoms with Crippen molar-refractivity contribution in [3.8, 4) is 0 Å². The molecule has 194 valence electrons. The maximum atomic E-state index is 12.6. The summed E-state index contributed by atoms with van der Waals surface area (Å²) in [5, 5.41) is 4.05. The number of hydrogen-bond acceptors (Lipinski definition) is 7. The fourth-order valence-corrected chi connectivity index (χ4v) is 3.83.